The van der Waals surface area contributed by atoms with E-state index in [0.717, 1.165) is 10.0 Å². The van der Waals surface area contributed by atoms with Crippen molar-refractivity contribution in [2.75, 3.05) is 0 Å². The van der Waals surface area contributed by atoms with E-state index in [9.17, 15) is 9.90 Å². The van der Waals surface area contributed by atoms with Crippen LogP contribution in [0.25, 0.3) is 5.57 Å². The van der Waals surface area contributed by atoms with Crippen molar-refractivity contribution in [2.24, 2.45) is 0 Å². The number of Topliss-reactive ketones (excluding diaryl/α,β-unsaturated/α-hetero) is 1. The van der Waals surface area contributed by atoms with Gasteiger partial charge in [0.15, 0.2) is 5.78 Å². The highest BCUT2D eigenvalue weighted by atomic mass is 79.9. The number of nitrogens with zero attached hydrogens (tertiary/aromatic N) is 2. The second-order valence-electron chi connectivity index (χ2n) is 7.63. The lowest BCUT2D eigenvalue weighted by Gasteiger charge is -2.40. The van der Waals surface area contributed by atoms with Gasteiger partial charge in [0.25, 0.3) is 0 Å². The molecule has 1 aliphatic heterocycles. The Bertz CT molecular complexity index is 949. The number of ether oxygens (including phenoxy) is 2. The average molecular weight is 447 g/mol. The second kappa shape index (κ2) is 7.29. The van der Waals surface area contributed by atoms with Gasteiger partial charge in [-0.05, 0) is 73.3 Å². The highest BCUT2D eigenvalue weighted by molar-refractivity contribution is 9.10. The van der Waals surface area contributed by atoms with Gasteiger partial charge >= 0.3 is 6.01 Å². The lowest BCUT2D eigenvalue weighted by molar-refractivity contribution is -0.158. The van der Waals surface area contributed by atoms with Gasteiger partial charge in [-0.1, -0.05) is 13.0 Å². The molecule has 6 nitrogen and oxygen atoms in total. The number of carbonyl (C=O) groups excluding carboxylic acids is 1. The molecule has 2 heterocycles. The number of hydrogen-bond acceptors (Lipinski definition) is 6. The van der Waals surface area contributed by atoms with Crippen LogP contribution in [0.3, 0.4) is 0 Å². The molecule has 0 aliphatic carbocycles. The van der Waals surface area contributed by atoms with E-state index in [1.165, 1.54) is 0 Å². The zero-order chi connectivity index (χ0) is 20.7. The Balaban J connectivity index is 2.11. The Kier molecular flexibility index (Phi) is 5.34. The summed E-state index contributed by atoms with van der Waals surface area (Å²) in [6.45, 7) is 8.92. The van der Waals surface area contributed by atoms with Crippen LogP contribution in [0, 0.1) is 0 Å². The van der Waals surface area contributed by atoms with Gasteiger partial charge in [-0.2, -0.15) is 0 Å². The van der Waals surface area contributed by atoms with E-state index >= 15 is 0 Å². The quantitative estimate of drug-likeness (QED) is 0.709. The van der Waals surface area contributed by atoms with Gasteiger partial charge in [-0.15, -0.1) is 0 Å². The SMILES string of the molecule is CCc1ccc(Oc2ncc(Br)cn2)cc1C1=C(O)C(C)(C)OC(C)(C)C1=O. The molecule has 0 spiro atoms. The van der Waals surface area contributed by atoms with Crippen molar-refractivity contribution >= 4 is 27.3 Å². The first-order valence-corrected chi connectivity index (χ1v) is 9.82. The highest BCUT2D eigenvalue weighted by Crippen LogP contribution is 2.41. The van der Waals surface area contributed by atoms with Crippen LogP contribution in [-0.4, -0.2) is 32.1 Å². The predicted molar refractivity (Wildman–Crippen MR) is 109 cm³/mol. The number of ketones is 1. The molecule has 0 atom stereocenters. The third-order valence-electron chi connectivity index (χ3n) is 4.63. The Morgan fingerprint density at radius 2 is 1.79 bits per heavy atom. The normalized spacial score (nSPS) is 18.3. The average Bonchev–Trinajstić information content (AvgIpc) is 2.62. The molecule has 7 heteroatoms. The molecular formula is C21H23BrN2O4. The molecule has 1 aromatic carbocycles. The molecule has 3 rings (SSSR count). The Morgan fingerprint density at radius 1 is 1.14 bits per heavy atom. The first-order valence-electron chi connectivity index (χ1n) is 9.02. The molecule has 0 unspecified atom stereocenters. The van der Waals surface area contributed by atoms with Crippen molar-refractivity contribution in [1.29, 1.82) is 0 Å². The van der Waals surface area contributed by atoms with Gasteiger partial charge in [0.05, 0.1) is 10.0 Å². The molecule has 1 N–H and O–H groups in total. The third kappa shape index (κ3) is 3.82. The summed E-state index contributed by atoms with van der Waals surface area (Å²) < 4.78 is 12.3. The van der Waals surface area contributed by atoms with Crippen LogP contribution >= 0.6 is 15.9 Å². The van der Waals surface area contributed by atoms with Crippen molar-refractivity contribution in [3.8, 4) is 11.8 Å². The van der Waals surface area contributed by atoms with E-state index in [1.807, 2.05) is 13.0 Å². The molecule has 0 fully saturated rings. The summed E-state index contributed by atoms with van der Waals surface area (Å²) in [7, 11) is 0. The van der Waals surface area contributed by atoms with E-state index in [-0.39, 0.29) is 23.1 Å². The fourth-order valence-electron chi connectivity index (χ4n) is 3.31. The maximum absolute atomic E-state index is 13.1. The molecule has 0 amide bonds. The fraction of sp³-hybridized carbons (Fsp3) is 0.381. The van der Waals surface area contributed by atoms with E-state index in [2.05, 4.69) is 25.9 Å². The van der Waals surface area contributed by atoms with Crippen molar-refractivity contribution in [3.63, 3.8) is 0 Å². The number of aliphatic hydroxyl groups is 1. The topological polar surface area (TPSA) is 81.5 Å². The lowest BCUT2D eigenvalue weighted by Crippen LogP contribution is -2.49. The molecular weight excluding hydrogens is 424 g/mol. The van der Waals surface area contributed by atoms with Crippen LogP contribution in [0.4, 0.5) is 0 Å². The van der Waals surface area contributed by atoms with E-state index in [1.54, 1.807) is 52.2 Å². The maximum Gasteiger partial charge on any atom is 0.321 e. The zero-order valence-electron chi connectivity index (χ0n) is 16.5. The molecule has 148 valence electrons. The number of benzene rings is 1. The molecule has 1 aliphatic rings. The van der Waals surface area contributed by atoms with Crippen molar-refractivity contribution in [1.82, 2.24) is 9.97 Å². The number of aliphatic hydroxyl groups excluding tert-OH is 1. The molecule has 0 radical (unpaired) electrons. The first kappa shape index (κ1) is 20.5. The third-order valence-corrected chi connectivity index (χ3v) is 5.04. The minimum Gasteiger partial charge on any atom is -0.508 e. The number of aromatic nitrogens is 2. The van der Waals surface area contributed by atoms with Gasteiger partial charge in [0, 0.05) is 12.4 Å². The summed E-state index contributed by atoms with van der Waals surface area (Å²) in [5.74, 6) is 0.129. The van der Waals surface area contributed by atoms with Crippen molar-refractivity contribution in [2.45, 2.75) is 52.2 Å². The number of halogens is 1. The van der Waals surface area contributed by atoms with Crippen LogP contribution in [0.2, 0.25) is 0 Å². The van der Waals surface area contributed by atoms with Crippen LogP contribution in [0.5, 0.6) is 11.8 Å². The number of rotatable bonds is 4. The number of hydrogen-bond donors (Lipinski definition) is 1. The van der Waals surface area contributed by atoms with Crippen LogP contribution < -0.4 is 4.74 Å². The summed E-state index contributed by atoms with van der Waals surface area (Å²) in [6, 6.07) is 5.61. The Hall–Kier alpha value is -2.25. The first-order chi connectivity index (χ1) is 13.0. The minimum atomic E-state index is -1.05. The van der Waals surface area contributed by atoms with Gasteiger partial charge < -0.3 is 14.6 Å². The molecule has 0 saturated heterocycles. The van der Waals surface area contributed by atoms with Crippen LogP contribution in [-0.2, 0) is 16.0 Å². The number of carbonyl (C=O) groups is 1. The lowest BCUT2D eigenvalue weighted by atomic mass is 9.81. The smallest absolute Gasteiger partial charge is 0.321 e. The van der Waals surface area contributed by atoms with E-state index in [4.69, 9.17) is 9.47 Å². The standard InChI is InChI=1S/C21H23BrN2O4/c1-6-12-7-8-14(27-19-23-10-13(22)11-24-19)9-15(12)16-17(25)20(2,3)28-21(4,5)18(16)26/h7-11,25H,6H2,1-5H3. The summed E-state index contributed by atoms with van der Waals surface area (Å²) in [4.78, 5) is 21.3. The predicted octanol–water partition coefficient (Wildman–Crippen LogP) is 5.02. The van der Waals surface area contributed by atoms with Crippen molar-refractivity contribution in [3.05, 3.63) is 52.0 Å². The molecule has 1 aromatic heterocycles. The summed E-state index contributed by atoms with van der Waals surface area (Å²) in [5.41, 5.74) is -0.220. The highest BCUT2D eigenvalue weighted by Gasteiger charge is 2.47. The monoisotopic (exact) mass is 446 g/mol. The summed E-state index contributed by atoms with van der Waals surface area (Å²) in [6.07, 6.45) is 3.87. The second-order valence-corrected chi connectivity index (χ2v) is 8.55. The van der Waals surface area contributed by atoms with Crippen molar-refractivity contribution < 1.29 is 19.4 Å². The van der Waals surface area contributed by atoms with Gasteiger partial charge in [-0.3, -0.25) is 4.79 Å². The fourth-order valence-corrected chi connectivity index (χ4v) is 3.52. The summed E-state index contributed by atoms with van der Waals surface area (Å²) >= 11 is 3.28. The zero-order valence-corrected chi connectivity index (χ0v) is 18.1. The molecule has 0 bridgehead atoms. The van der Waals surface area contributed by atoms with Crippen LogP contribution in [0.1, 0.15) is 45.7 Å². The largest absolute Gasteiger partial charge is 0.508 e. The Morgan fingerprint density at radius 3 is 2.39 bits per heavy atom. The summed E-state index contributed by atoms with van der Waals surface area (Å²) in [5, 5.41) is 10.8. The number of aryl methyl sites for hydroxylation is 1. The van der Waals surface area contributed by atoms with E-state index in [0.29, 0.717) is 17.7 Å². The van der Waals surface area contributed by atoms with Crippen LogP contribution in [0.15, 0.2) is 40.8 Å². The maximum atomic E-state index is 13.1. The van der Waals surface area contributed by atoms with E-state index < -0.39 is 11.2 Å². The molecule has 28 heavy (non-hydrogen) atoms. The van der Waals surface area contributed by atoms with Gasteiger partial charge in [-0.25, -0.2) is 9.97 Å². The Labute approximate surface area is 172 Å². The van der Waals surface area contributed by atoms with Gasteiger partial charge in [0.2, 0.25) is 0 Å². The van der Waals surface area contributed by atoms with Gasteiger partial charge in [0.1, 0.15) is 22.7 Å². The molecule has 2 aromatic rings. The minimum absolute atomic E-state index is 0.0800. The molecule has 0 saturated carbocycles.